The summed E-state index contributed by atoms with van der Waals surface area (Å²) in [6.07, 6.45) is 8.63. The van der Waals surface area contributed by atoms with Gasteiger partial charge >= 0.3 is 0 Å². The highest BCUT2D eigenvalue weighted by atomic mass is 16.5. The average molecular weight is 335 g/mol. The standard InChI is InChI=1S/C20H33NO3/c1-12-4-5-15-14(17(22)7-6-16(12)21-23)10-18(24-3)20-11-13(20)8-9-19(15,20)2/h12-15,17-18,22-23H,4-11H2,1-3H3/b21-16+/t12-,13+,14+,15-,17-,18+,19+,20-/m0/s1. The molecule has 0 aromatic rings. The van der Waals surface area contributed by atoms with Crippen molar-refractivity contribution in [1.82, 2.24) is 0 Å². The summed E-state index contributed by atoms with van der Waals surface area (Å²) in [5.74, 6) is 2.07. The molecule has 4 rings (SSSR count). The maximum atomic E-state index is 11.0. The molecule has 0 saturated heterocycles. The minimum atomic E-state index is -0.304. The minimum absolute atomic E-state index is 0.304. The number of methoxy groups -OCH3 is 1. The van der Waals surface area contributed by atoms with Crippen LogP contribution in [0.3, 0.4) is 0 Å². The lowest BCUT2D eigenvalue weighted by molar-refractivity contribution is -0.141. The van der Waals surface area contributed by atoms with E-state index in [2.05, 4.69) is 19.0 Å². The molecular formula is C20H33NO3. The van der Waals surface area contributed by atoms with Crippen LogP contribution in [0.2, 0.25) is 0 Å². The van der Waals surface area contributed by atoms with Gasteiger partial charge in [-0.25, -0.2) is 0 Å². The summed E-state index contributed by atoms with van der Waals surface area (Å²) in [6, 6.07) is 0. The van der Waals surface area contributed by atoms with Crippen LogP contribution in [0, 0.1) is 34.5 Å². The third-order valence-corrected chi connectivity index (χ3v) is 8.71. The smallest absolute Gasteiger partial charge is 0.0639 e. The Kier molecular flexibility index (Phi) is 4.00. The van der Waals surface area contributed by atoms with Crippen molar-refractivity contribution in [2.24, 2.45) is 39.7 Å². The third kappa shape index (κ3) is 2.08. The first kappa shape index (κ1) is 16.8. The Balaban J connectivity index is 1.69. The molecule has 2 N–H and O–H groups in total. The van der Waals surface area contributed by atoms with E-state index in [0.29, 0.717) is 47.5 Å². The van der Waals surface area contributed by atoms with Crippen molar-refractivity contribution < 1.29 is 15.1 Å². The number of rotatable bonds is 1. The summed E-state index contributed by atoms with van der Waals surface area (Å²) in [5.41, 5.74) is 1.56. The van der Waals surface area contributed by atoms with Crippen LogP contribution in [-0.4, -0.2) is 35.3 Å². The number of hydrogen-bond donors (Lipinski definition) is 2. The van der Waals surface area contributed by atoms with Crippen molar-refractivity contribution in [3.8, 4) is 0 Å². The maximum Gasteiger partial charge on any atom is 0.0639 e. The van der Waals surface area contributed by atoms with Crippen LogP contribution in [-0.2, 0) is 4.74 Å². The first-order valence-electron chi connectivity index (χ1n) is 9.89. The zero-order valence-electron chi connectivity index (χ0n) is 15.4. The number of hydrogen-bond acceptors (Lipinski definition) is 4. The van der Waals surface area contributed by atoms with Crippen molar-refractivity contribution in [3.05, 3.63) is 0 Å². The van der Waals surface area contributed by atoms with Crippen molar-refractivity contribution >= 4 is 5.71 Å². The van der Waals surface area contributed by atoms with Crippen molar-refractivity contribution in [3.63, 3.8) is 0 Å². The Morgan fingerprint density at radius 2 is 2.00 bits per heavy atom. The predicted octanol–water partition coefficient (Wildman–Crippen LogP) is 3.85. The van der Waals surface area contributed by atoms with Crippen molar-refractivity contribution in [1.29, 1.82) is 0 Å². The van der Waals surface area contributed by atoms with Gasteiger partial charge in [-0.1, -0.05) is 19.0 Å². The lowest BCUT2D eigenvalue weighted by atomic mass is 9.52. The Hall–Kier alpha value is -0.610. The second-order valence-corrected chi connectivity index (χ2v) is 9.30. The van der Waals surface area contributed by atoms with E-state index < -0.39 is 0 Å². The molecule has 24 heavy (non-hydrogen) atoms. The Labute approximate surface area is 145 Å². The van der Waals surface area contributed by atoms with Gasteiger partial charge in [0.05, 0.1) is 17.9 Å². The first-order chi connectivity index (χ1) is 11.5. The number of nitrogens with zero attached hydrogens (tertiary/aromatic N) is 1. The van der Waals surface area contributed by atoms with E-state index in [4.69, 9.17) is 4.74 Å². The molecule has 4 saturated carbocycles. The Bertz CT molecular complexity index is 535. The number of aliphatic hydroxyl groups is 1. The minimum Gasteiger partial charge on any atom is -0.411 e. The largest absolute Gasteiger partial charge is 0.411 e. The van der Waals surface area contributed by atoms with Gasteiger partial charge in [0.25, 0.3) is 0 Å². The normalized spacial score (nSPS) is 55.8. The van der Waals surface area contributed by atoms with Crippen molar-refractivity contribution in [2.75, 3.05) is 7.11 Å². The van der Waals surface area contributed by atoms with Crippen LogP contribution in [0.25, 0.3) is 0 Å². The third-order valence-electron chi connectivity index (χ3n) is 8.71. The summed E-state index contributed by atoms with van der Waals surface area (Å²) in [5, 5.41) is 23.9. The molecule has 4 heteroatoms. The molecule has 0 radical (unpaired) electrons. The molecule has 136 valence electrons. The molecule has 8 atom stereocenters. The Morgan fingerprint density at radius 1 is 1.21 bits per heavy atom. The van der Waals surface area contributed by atoms with Gasteiger partial charge in [-0.05, 0) is 80.5 Å². The fourth-order valence-electron chi connectivity index (χ4n) is 7.27. The second-order valence-electron chi connectivity index (χ2n) is 9.30. The topological polar surface area (TPSA) is 62.0 Å². The highest BCUT2D eigenvalue weighted by Gasteiger charge is 2.76. The van der Waals surface area contributed by atoms with Gasteiger partial charge in [0.2, 0.25) is 0 Å². The highest BCUT2D eigenvalue weighted by molar-refractivity contribution is 5.86. The van der Waals surface area contributed by atoms with Gasteiger partial charge in [0, 0.05) is 12.5 Å². The van der Waals surface area contributed by atoms with E-state index in [9.17, 15) is 10.3 Å². The van der Waals surface area contributed by atoms with Gasteiger partial charge < -0.3 is 15.1 Å². The number of oxime groups is 1. The lowest BCUT2D eigenvalue weighted by Crippen LogP contribution is -2.53. The zero-order chi connectivity index (χ0) is 17.1. The molecule has 0 aliphatic heterocycles. The van der Waals surface area contributed by atoms with Gasteiger partial charge in [0.15, 0.2) is 0 Å². The number of ether oxygens (including phenoxy) is 1. The maximum absolute atomic E-state index is 11.0. The van der Waals surface area contributed by atoms with Crippen molar-refractivity contribution in [2.45, 2.75) is 77.4 Å². The molecule has 0 aromatic carbocycles. The molecule has 0 heterocycles. The summed E-state index contributed by atoms with van der Waals surface area (Å²) in [6.45, 7) is 4.67. The van der Waals surface area contributed by atoms with Crippen LogP contribution >= 0.6 is 0 Å². The molecule has 4 aliphatic rings. The molecule has 0 amide bonds. The van der Waals surface area contributed by atoms with E-state index >= 15 is 0 Å². The van der Waals surface area contributed by atoms with Crippen LogP contribution in [0.4, 0.5) is 0 Å². The second kappa shape index (κ2) is 5.70. The molecule has 4 fully saturated rings. The van der Waals surface area contributed by atoms with E-state index in [0.717, 1.165) is 30.9 Å². The van der Waals surface area contributed by atoms with E-state index in [-0.39, 0.29) is 6.10 Å². The molecule has 0 aromatic heterocycles. The lowest BCUT2D eigenvalue weighted by Gasteiger charge is -2.55. The van der Waals surface area contributed by atoms with Crippen LogP contribution in [0.5, 0.6) is 0 Å². The Morgan fingerprint density at radius 3 is 2.67 bits per heavy atom. The van der Waals surface area contributed by atoms with Gasteiger partial charge in [-0.2, -0.15) is 0 Å². The van der Waals surface area contributed by atoms with Gasteiger partial charge in [0.1, 0.15) is 0 Å². The fraction of sp³-hybridized carbons (Fsp3) is 0.950. The first-order valence-corrected chi connectivity index (χ1v) is 9.89. The van der Waals surface area contributed by atoms with E-state index in [1.54, 1.807) is 0 Å². The number of aliphatic hydroxyl groups excluding tert-OH is 1. The molecule has 0 bridgehead atoms. The van der Waals surface area contributed by atoms with E-state index in [1.165, 1.54) is 19.3 Å². The SMILES string of the molecule is CO[C@@H]1C[C@H]2[C@@H](O)CC/C(=N\O)[C@@H](C)CC[C@@H]2[C@@]2(C)CC[C@@H]3C[C@]312. The monoisotopic (exact) mass is 335 g/mol. The summed E-state index contributed by atoms with van der Waals surface area (Å²) in [4.78, 5) is 0. The number of fused-ring (bicyclic) bond motifs is 2. The predicted molar refractivity (Wildman–Crippen MR) is 93.1 cm³/mol. The van der Waals surface area contributed by atoms with Crippen LogP contribution in [0.15, 0.2) is 5.16 Å². The van der Waals surface area contributed by atoms with Crippen LogP contribution < -0.4 is 0 Å². The zero-order valence-corrected chi connectivity index (χ0v) is 15.4. The molecule has 0 unspecified atom stereocenters. The average Bonchev–Trinajstić information content (AvgIpc) is 3.22. The summed E-state index contributed by atoms with van der Waals surface area (Å²) < 4.78 is 6.00. The van der Waals surface area contributed by atoms with E-state index in [1.807, 2.05) is 7.11 Å². The van der Waals surface area contributed by atoms with Gasteiger partial charge in [-0.3, -0.25) is 0 Å². The summed E-state index contributed by atoms with van der Waals surface area (Å²) >= 11 is 0. The molecular weight excluding hydrogens is 302 g/mol. The van der Waals surface area contributed by atoms with Crippen LogP contribution in [0.1, 0.15) is 65.2 Å². The molecule has 4 nitrogen and oxygen atoms in total. The molecule has 1 spiro atoms. The highest BCUT2D eigenvalue weighted by Crippen LogP contribution is 2.80. The quantitative estimate of drug-likeness (QED) is 0.565. The molecule has 4 aliphatic carbocycles. The summed E-state index contributed by atoms with van der Waals surface area (Å²) in [7, 11) is 1.87. The fourth-order valence-corrected chi connectivity index (χ4v) is 7.27. The van der Waals surface area contributed by atoms with Gasteiger partial charge in [-0.15, -0.1) is 0 Å².